The van der Waals surface area contributed by atoms with E-state index in [-0.39, 0.29) is 23.2 Å². The summed E-state index contributed by atoms with van der Waals surface area (Å²) in [5, 5.41) is 17.5. The summed E-state index contributed by atoms with van der Waals surface area (Å²) in [5.41, 5.74) is 0.00218. The van der Waals surface area contributed by atoms with Crippen LogP contribution in [0.25, 0.3) is 0 Å². The van der Waals surface area contributed by atoms with E-state index < -0.39 is 16.0 Å². The molecule has 21 heavy (non-hydrogen) atoms. The second-order valence-electron chi connectivity index (χ2n) is 5.02. The van der Waals surface area contributed by atoms with Crippen molar-refractivity contribution in [2.45, 2.75) is 43.0 Å². The fourth-order valence-corrected chi connectivity index (χ4v) is 3.14. The third-order valence-corrected chi connectivity index (χ3v) is 4.73. The molecule has 1 aliphatic carbocycles. The Labute approximate surface area is 123 Å². The molecular weight excluding hydrogens is 294 g/mol. The Morgan fingerprint density at radius 3 is 2.76 bits per heavy atom. The van der Waals surface area contributed by atoms with E-state index in [4.69, 9.17) is 10.4 Å². The molecule has 0 aliphatic heterocycles. The third kappa shape index (κ3) is 3.83. The Morgan fingerprint density at radius 1 is 1.48 bits per heavy atom. The van der Waals surface area contributed by atoms with Gasteiger partial charge in [-0.3, -0.25) is 0 Å². The number of carboxylic acids is 1. The molecule has 1 heterocycles. The summed E-state index contributed by atoms with van der Waals surface area (Å²) in [6, 6.07) is 3.28. The lowest BCUT2D eigenvalue weighted by Gasteiger charge is -2.04. The molecule has 0 saturated heterocycles. The second-order valence-corrected chi connectivity index (χ2v) is 6.78. The molecule has 0 bridgehead atoms. The molecule has 0 spiro atoms. The fraction of sp³-hybridized carbons (Fsp3) is 0.538. The SMILES string of the molecule is N#CCCCCNS(=O)(=O)c1cc(C(=O)O)n(C2CC2)c1. The Balaban J connectivity index is 2.07. The van der Waals surface area contributed by atoms with E-state index in [2.05, 4.69) is 4.72 Å². The minimum absolute atomic E-state index is 0.00218. The number of aromatic carboxylic acids is 1. The monoisotopic (exact) mass is 311 g/mol. The van der Waals surface area contributed by atoms with Gasteiger partial charge in [-0.25, -0.2) is 17.9 Å². The van der Waals surface area contributed by atoms with Gasteiger partial charge < -0.3 is 9.67 Å². The quantitative estimate of drug-likeness (QED) is 0.706. The number of nitrogens with one attached hydrogen (secondary N) is 1. The molecule has 1 aromatic rings. The first kappa shape index (κ1) is 15.5. The number of unbranched alkanes of at least 4 members (excludes halogenated alkanes) is 2. The van der Waals surface area contributed by atoms with E-state index in [0.717, 1.165) is 12.8 Å². The standard InChI is InChI=1S/C13H17N3O4S/c14-6-2-1-3-7-15-21(19,20)11-8-12(13(17)18)16(9-11)10-4-5-10/h8-10,15H,1-5,7H2,(H,17,18). The van der Waals surface area contributed by atoms with Crippen LogP contribution in [0.2, 0.25) is 0 Å². The van der Waals surface area contributed by atoms with Crippen LogP contribution in [0.3, 0.4) is 0 Å². The normalized spacial score (nSPS) is 14.8. The maximum atomic E-state index is 12.1. The van der Waals surface area contributed by atoms with E-state index in [9.17, 15) is 13.2 Å². The summed E-state index contributed by atoms with van der Waals surface area (Å²) in [6.07, 6.45) is 4.72. The smallest absolute Gasteiger partial charge is 0.352 e. The lowest BCUT2D eigenvalue weighted by molar-refractivity contribution is 0.0685. The first-order chi connectivity index (χ1) is 9.95. The Hall–Kier alpha value is -1.85. The summed E-state index contributed by atoms with van der Waals surface area (Å²) in [6.45, 7) is 0.237. The predicted molar refractivity (Wildman–Crippen MR) is 74.3 cm³/mol. The van der Waals surface area contributed by atoms with Gasteiger partial charge in [-0.1, -0.05) is 0 Å². The van der Waals surface area contributed by atoms with Crippen LogP contribution in [0.15, 0.2) is 17.2 Å². The average molecular weight is 311 g/mol. The van der Waals surface area contributed by atoms with Gasteiger partial charge in [0.25, 0.3) is 0 Å². The Kier molecular flexibility index (Phi) is 4.65. The highest BCUT2D eigenvalue weighted by molar-refractivity contribution is 7.89. The predicted octanol–water partition coefficient (Wildman–Crippen LogP) is 1.49. The molecule has 114 valence electrons. The highest BCUT2D eigenvalue weighted by Gasteiger charge is 2.30. The largest absolute Gasteiger partial charge is 0.477 e. The molecule has 2 rings (SSSR count). The van der Waals surface area contributed by atoms with Crippen LogP contribution in [0.5, 0.6) is 0 Å². The number of hydrogen-bond acceptors (Lipinski definition) is 4. The minimum Gasteiger partial charge on any atom is -0.477 e. The van der Waals surface area contributed by atoms with Gasteiger partial charge in [0.05, 0.1) is 6.07 Å². The third-order valence-electron chi connectivity index (χ3n) is 3.30. The topological polar surface area (TPSA) is 112 Å². The highest BCUT2D eigenvalue weighted by Crippen LogP contribution is 2.37. The lowest BCUT2D eigenvalue weighted by atomic mass is 10.2. The zero-order chi connectivity index (χ0) is 15.5. The molecule has 0 atom stereocenters. The number of sulfonamides is 1. The molecule has 0 amide bonds. The lowest BCUT2D eigenvalue weighted by Crippen LogP contribution is -2.24. The first-order valence-corrected chi connectivity index (χ1v) is 8.26. The van der Waals surface area contributed by atoms with Gasteiger partial charge in [-0.2, -0.15) is 5.26 Å². The molecule has 1 fully saturated rings. The number of rotatable bonds is 8. The minimum atomic E-state index is -3.71. The Morgan fingerprint density at radius 2 is 2.19 bits per heavy atom. The van der Waals surface area contributed by atoms with Crippen molar-refractivity contribution in [2.24, 2.45) is 0 Å². The maximum Gasteiger partial charge on any atom is 0.352 e. The molecule has 7 nitrogen and oxygen atoms in total. The second kappa shape index (κ2) is 6.28. The van der Waals surface area contributed by atoms with Gasteiger partial charge in [-0.15, -0.1) is 0 Å². The summed E-state index contributed by atoms with van der Waals surface area (Å²) < 4.78 is 28.2. The van der Waals surface area contributed by atoms with Gasteiger partial charge in [0, 0.05) is 25.2 Å². The van der Waals surface area contributed by atoms with E-state index in [1.807, 2.05) is 6.07 Å². The van der Waals surface area contributed by atoms with Crippen LogP contribution in [-0.2, 0) is 10.0 Å². The van der Waals surface area contributed by atoms with Gasteiger partial charge in [0.15, 0.2) is 0 Å². The highest BCUT2D eigenvalue weighted by atomic mass is 32.2. The number of carbonyl (C=O) groups is 1. The van der Waals surface area contributed by atoms with Gasteiger partial charge in [0.2, 0.25) is 10.0 Å². The molecule has 1 aromatic heterocycles. The summed E-state index contributed by atoms with van der Waals surface area (Å²) in [4.78, 5) is 11.1. The van der Waals surface area contributed by atoms with E-state index in [1.165, 1.54) is 16.8 Å². The summed E-state index contributed by atoms with van der Waals surface area (Å²) >= 11 is 0. The van der Waals surface area contributed by atoms with Crippen LogP contribution in [0, 0.1) is 11.3 Å². The van der Waals surface area contributed by atoms with E-state index in [0.29, 0.717) is 19.3 Å². The molecule has 0 aromatic carbocycles. The van der Waals surface area contributed by atoms with Crippen molar-refractivity contribution in [2.75, 3.05) is 6.54 Å². The van der Waals surface area contributed by atoms with Crippen LogP contribution in [0.1, 0.15) is 48.6 Å². The number of aromatic nitrogens is 1. The van der Waals surface area contributed by atoms with Crippen LogP contribution in [0.4, 0.5) is 0 Å². The van der Waals surface area contributed by atoms with Crippen molar-refractivity contribution in [3.05, 3.63) is 18.0 Å². The number of nitriles is 1. The van der Waals surface area contributed by atoms with Crippen molar-refractivity contribution in [1.82, 2.24) is 9.29 Å². The van der Waals surface area contributed by atoms with Crippen LogP contribution in [-0.4, -0.2) is 30.6 Å². The zero-order valence-electron chi connectivity index (χ0n) is 11.4. The number of nitrogens with zero attached hydrogens (tertiary/aromatic N) is 2. The first-order valence-electron chi connectivity index (χ1n) is 6.77. The van der Waals surface area contributed by atoms with Crippen molar-refractivity contribution < 1.29 is 18.3 Å². The van der Waals surface area contributed by atoms with E-state index in [1.54, 1.807) is 0 Å². The summed E-state index contributed by atoms with van der Waals surface area (Å²) in [7, 11) is -3.71. The fourth-order valence-electron chi connectivity index (χ4n) is 2.05. The van der Waals surface area contributed by atoms with Gasteiger partial charge >= 0.3 is 5.97 Å². The average Bonchev–Trinajstić information content (AvgIpc) is 3.16. The van der Waals surface area contributed by atoms with Crippen LogP contribution < -0.4 is 4.72 Å². The van der Waals surface area contributed by atoms with Gasteiger partial charge in [-0.05, 0) is 31.7 Å². The Bertz CT molecular complexity index is 668. The molecular formula is C13H17N3O4S. The molecule has 8 heteroatoms. The van der Waals surface area contributed by atoms with Crippen molar-refractivity contribution in [1.29, 1.82) is 5.26 Å². The molecule has 2 N–H and O–H groups in total. The molecule has 0 radical (unpaired) electrons. The van der Waals surface area contributed by atoms with Crippen molar-refractivity contribution in [3.8, 4) is 6.07 Å². The number of hydrogen-bond donors (Lipinski definition) is 2. The summed E-state index contributed by atoms with van der Waals surface area (Å²) in [5.74, 6) is -1.13. The number of carboxylic acid groups (broad SMARTS) is 1. The van der Waals surface area contributed by atoms with E-state index >= 15 is 0 Å². The van der Waals surface area contributed by atoms with Crippen molar-refractivity contribution in [3.63, 3.8) is 0 Å². The van der Waals surface area contributed by atoms with Gasteiger partial charge in [0.1, 0.15) is 10.6 Å². The maximum absolute atomic E-state index is 12.1. The van der Waals surface area contributed by atoms with Crippen molar-refractivity contribution >= 4 is 16.0 Å². The van der Waals surface area contributed by atoms with Crippen LogP contribution >= 0.6 is 0 Å². The molecule has 1 saturated carbocycles. The zero-order valence-corrected chi connectivity index (χ0v) is 12.3. The molecule has 1 aliphatic rings. The molecule has 0 unspecified atom stereocenters.